The minimum Gasteiger partial charge on any atom is -0.353 e. The van der Waals surface area contributed by atoms with E-state index in [9.17, 15) is 18.0 Å². The maximum absolute atomic E-state index is 12.3. The molecule has 0 bridgehead atoms. The summed E-state index contributed by atoms with van der Waals surface area (Å²) >= 11 is 0. The third kappa shape index (κ3) is 2.82. The summed E-state index contributed by atoms with van der Waals surface area (Å²) in [5.41, 5.74) is 0. The number of nitrogens with zero attached hydrogens (tertiary/aromatic N) is 1. The van der Waals surface area contributed by atoms with Crippen molar-refractivity contribution >= 4 is 21.7 Å². The number of rotatable bonds is 4. The predicted molar refractivity (Wildman–Crippen MR) is 72.6 cm³/mol. The lowest BCUT2D eigenvalue weighted by Crippen LogP contribution is -2.39. The van der Waals surface area contributed by atoms with Crippen molar-refractivity contribution in [3.63, 3.8) is 0 Å². The van der Waals surface area contributed by atoms with E-state index >= 15 is 0 Å². The number of sulfone groups is 1. The number of carbonyl (C=O) groups excluding carboxylic acids is 2. The Morgan fingerprint density at radius 1 is 1.15 bits per heavy atom. The van der Waals surface area contributed by atoms with Crippen LogP contribution >= 0.6 is 0 Å². The van der Waals surface area contributed by atoms with Crippen LogP contribution in [0.25, 0.3) is 0 Å². The van der Waals surface area contributed by atoms with E-state index in [0.29, 0.717) is 18.9 Å². The Kier molecular flexibility index (Phi) is 3.27. The first-order valence-electron chi connectivity index (χ1n) is 7.15. The van der Waals surface area contributed by atoms with E-state index in [2.05, 4.69) is 5.32 Å². The van der Waals surface area contributed by atoms with Gasteiger partial charge in [-0.25, -0.2) is 8.42 Å². The Morgan fingerprint density at radius 2 is 1.85 bits per heavy atom. The summed E-state index contributed by atoms with van der Waals surface area (Å²) in [6.45, 7) is 0. The lowest BCUT2D eigenvalue weighted by Gasteiger charge is -2.23. The average molecular weight is 300 g/mol. The predicted octanol–water partition coefficient (Wildman–Crippen LogP) is -0.453. The molecule has 3 fully saturated rings. The summed E-state index contributed by atoms with van der Waals surface area (Å²) in [6, 6.07) is 0.0943. The molecule has 3 aliphatic rings. The fraction of sp³-hybridized carbons (Fsp3) is 0.846. The molecule has 3 unspecified atom stereocenters. The molecule has 0 aromatic rings. The Hall–Kier alpha value is -1.11. The molecule has 20 heavy (non-hydrogen) atoms. The van der Waals surface area contributed by atoms with Crippen LogP contribution in [0.3, 0.4) is 0 Å². The molecule has 0 spiro atoms. The van der Waals surface area contributed by atoms with Gasteiger partial charge >= 0.3 is 0 Å². The highest BCUT2D eigenvalue weighted by Gasteiger charge is 2.51. The van der Waals surface area contributed by atoms with Crippen LogP contribution in [0.1, 0.15) is 25.7 Å². The van der Waals surface area contributed by atoms with Crippen molar-refractivity contribution in [1.82, 2.24) is 10.2 Å². The minimum atomic E-state index is -2.99. The molecular formula is C13H20N2O4S. The maximum atomic E-state index is 12.3. The maximum Gasteiger partial charge on any atom is 0.226 e. The Morgan fingerprint density at radius 3 is 2.40 bits per heavy atom. The highest BCUT2D eigenvalue weighted by molar-refractivity contribution is 7.91. The molecule has 3 atom stereocenters. The molecule has 112 valence electrons. The minimum absolute atomic E-state index is 0.0155. The van der Waals surface area contributed by atoms with Gasteiger partial charge in [0.25, 0.3) is 0 Å². The van der Waals surface area contributed by atoms with Crippen molar-refractivity contribution in [3.8, 4) is 0 Å². The number of hydrogen-bond donors (Lipinski definition) is 1. The zero-order chi connectivity index (χ0) is 14.5. The molecule has 0 aromatic carbocycles. The van der Waals surface area contributed by atoms with E-state index in [1.807, 2.05) is 0 Å². The lowest BCUT2D eigenvalue weighted by molar-refractivity contribution is -0.135. The second kappa shape index (κ2) is 4.72. The van der Waals surface area contributed by atoms with Crippen LogP contribution in [0, 0.1) is 11.8 Å². The summed E-state index contributed by atoms with van der Waals surface area (Å²) in [5.74, 6) is -0.334. The molecule has 0 aromatic heterocycles. The molecular weight excluding hydrogens is 280 g/mol. The van der Waals surface area contributed by atoms with Crippen molar-refractivity contribution in [3.05, 3.63) is 0 Å². The van der Waals surface area contributed by atoms with Crippen LogP contribution in [0.15, 0.2) is 0 Å². The second-order valence-electron chi connectivity index (χ2n) is 6.24. The first-order valence-corrected chi connectivity index (χ1v) is 8.97. The molecule has 1 saturated heterocycles. The van der Waals surface area contributed by atoms with E-state index in [1.165, 1.54) is 0 Å². The van der Waals surface area contributed by atoms with Crippen molar-refractivity contribution in [2.45, 2.75) is 37.8 Å². The Labute approximate surface area is 118 Å². The van der Waals surface area contributed by atoms with Gasteiger partial charge in [0.2, 0.25) is 11.8 Å². The number of carbonyl (C=O) groups is 2. The van der Waals surface area contributed by atoms with Gasteiger partial charge in [0.15, 0.2) is 9.84 Å². The van der Waals surface area contributed by atoms with Gasteiger partial charge in [0.05, 0.1) is 23.3 Å². The third-order valence-corrected chi connectivity index (χ3v) is 6.22. The summed E-state index contributed by atoms with van der Waals surface area (Å²) in [6.07, 6.45) is 3.19. The number of amides is 2. The van der Waals surface area contributed by atoms with Gasteiger partial charge in [0.1, 0.15) is 0 Å². The molecule has 6 nitrogen and oxygen atoms in total. The largest absolute Gasteiger partial charge is 0.353 e. The van der Waals surface area contributed by atoms with Gasteiger partial charge in [-0.2, -0.15) is 0 Å². The van der Waals surface area contributed by atoms with Gasteiger partial charge in [-0.1, -0.05) is 0 Å². The molecule has 1 aliphatic heterocycles. The molecule has 1 N–H and O–H groups in total. The number of nitrogens with one attached hydrogen (secondary N) is 1. The van der Waals surface area contributed by atoms with E-state index in [0.717, 1.165) is 12.8 Å². The lowest BCUT2D eigenvalue weighted by atomic mass is 10.2. The zero-order valence-corrected chi connectivity index (χ0v) is 12.4. The first kappa shape index (κ1) is 13.9. The van der Waals surface area contributed by atoms with Crippen molar-refractivity contribution < 1.29 is 18.0 Å². The number of hydrogen-bond acceptors (Lipinski definition) is 4. The molecule has 2 aliphatic carbocycles. The SMILES string of the molecule is CN(C(=O)C1CC1C(=O)NC1CC1)C1CCS(=O)(=O)C1. The quantitative estimate of drug-likeness (QED) is 0.762. The van der Waals surface area contributed by atoms with Crippen LogP contribution in [0.5, 0.6) is 0 Å². The van der Waals surface area contributed by atoms with Crippen molar-refractivity contribution in [2.75, 3.05) is 18.6 Å². The highest BCUT2D eigenvalue weighted by Crippen LogP contribution is 2.41. The van der Waals surface area contributed by atoms with Crippen LogP contribution in [0.4, 0.5) is 0 Å². The summed E-state index contributed by atoms with van der Waals surface area (Å²) in [4.78, 5) is 25.7. The molecule has 2 saturated carbocycles. The standard InChI is InChI=1S/C13H20N2O4S/c1-15(9-4-5-20(18,19)7-9)13(17)11-6-10(11)12(16)14-8-2-3-8/h8-11H,2-7H2,1H3,(H,14,16). The smallest absolute Gasteiger partial charge is 0.226 e. The van der Waals surface area contributed by atoms with Crippen LogP contribution in [-0.4, -0.2) is 55.8 Å². The average Bonchev–Trinajstić information content (AvgIpc) is 3.26. The topological polar surface area (TPSA) is 83.6 Å². The van der Waals surface area contributed by atoms with Crippen LogP contribution < -0.4 is 5.32 Å². The normalized spacial score (nSPS) is 34.5. The molecule has 1 heterocycles. The highest BCUT2D eigenvalue weighted by atomic mass is 32.2. The monoisotopic (exact) mass is 300 g/mol. The van der Waals surface area contributed by atoms with Gasteiger partial charge in [-0.05, 0) is 25.7 Å². The van der Waals surface area contributed by atoms with Gasteiger partial charge in [-0.3, -0.25) is 9.59 Å². The summed E-state index contributed by atoms with van der Waals surface area (Å²) < 4.78 is 22.9. The van der Waals surface area contributed by atoms with Crippen molar-refractivity contribution in [1.29, 1.82) is 0 Å². The first-order chi connectivity index (χ1) is 9.37. The van der Waals surface area contributed by atoms with Crippen molar-refractivity contribution in [2.24, 2.45) is 11.8 Å². The second-order valence-corrected chi connectivity index (χ2v) is 8.47. The van der Waals surface area contributed by atoms with Gasteiger partial charge < -0.3 is 10.2 Å². The Balaban J connectivity index is 1.53. The molecule has 2 amide bonds. The van der Waals surface area contributed by atoms with E-state index < -0.39 is 9.84 Å². The summed E-state index contributed by atoms with van der Waals surface area (Å²) in [5, 5.41) is 2.92. The van der Waals surface area contributed by atoms with Crippen LogP contribution in [-0.2, 0) is 19.4 Å². The fourth-order valence-electron chi connectivity index (χ4n) is 2.82. The Bertz CT molecular complexity index is 541. The third-order valence-electron chi connectivity index (χ3n) is 4.47. The fourth-order valence-corrected chi connectivity index (χ4v) is 4.59. The van der Waals surface area contributed by atoms with Gasteiger partial charge in [0, 0.05) is 19.1 Å². The van der Waals surface area contributed by atoms with E-state index in [-0.39, 0.29) is 41.2 Å². The zero-order valence-electron chi connectivity index (χ0n) is 11.5. The molecule has 3 rings (SSSR count). The van der Waals surface area contributed by atoms with E-state index in [1.54, 1.807) is 11.9 Å². The van der Waals surface area contributed by atoms with Crippen LogP contribution in [0.2, 0.25) is 0 Å². The summed E-state index contributed by atoms with van der Waals surface area (Å²) in [7, 11) is -1.34. The molecule has 0 radical (unpaired) electrons. The molecule has 7 heteroatoms. The van der Waals surface area contributed by atoms with Gasteiger partial charge in [-0.15, -0.1) is 0 Å². The van der Waals surface area contributed by atoms with E-state index in [4.69, 9.17) is 0 Å².